The van der Waals surface area contributed by atoms with Gasteiger partial charge in [-0.2, -0.15) is 0 Å². The second kappa shape index (κ2) is 14.6. The summed E-state index contributed by atoms with van der Waals surface area (Å²) in [5.41, 5.74) is 5.77. The van der Waals surface area contributed by atoms with Crippen LogP contribution in [0.1, 0.15) is 41.5 Å². The lowest BCUT2D eigenvalue weighted by Crippen LogP contribution is -2.38. The normalized spacial score (nSPS) is 15.4. The number of likely N-dealkylation sites (N-methyl/N-ethyl adjacent to an activating group) is 1. The summed E-state index contributed by atoms with van der Waals surface area (Å²) in [6, 6.07) is 0. The topological polar surface area (TPSA) is 186 Å². The van der Waals surface area contributed by atoms with Crippen LogP contribution in [-0.4, -0.2) is 73.6 Å². The molecule has 0 aliphatic heterocycles. The van der Waals surface area contributed by atoms with Gasteiger partial charge in [-0.15, -0.1) is 4.76 Å². The van der Waals surface area contributed by atoms with Crippen molar-refractivity contribution >= 4 is 32.0 Å². The van der Waals surface area contributed by atoms with E-state index in [4.69, 9.17) is 38.8 Å². The van der Waals surface area contributed by atoms with E-state index in [1.165, 1.54) is 7.05 Å². The zero-order valence-electron chi connectivity index (χ0n) is 19.9. The van der Waals surface area contributed by atoms with Crippen molar-refractivity contribution in [1.82, 2.24) is 4.90 Å². The van der Waals surface area contributed by atoms with Crippen molar-refractivity contribution in [1.29, 1.82) is 0 Å². The number of hydrogen-bond acceptors (Lipinski definition) is 10. The van der Waals surface area contributed by atoms with Crippen LogP contribution in [0.4, 0.5) is 9.59 Å². The SMILES string of the molecule is CCOC(=O)OC(OP(=O)(N=C(N)N(C)CC(=O)O)OC(OC(=O)OCC)C(C)C)C(C)C. The van der Waals surface area contributed by atoms with Gasteiger partial charge in [0.1, 0.15) is 6.54 Å². The number of carbonyl (C=O) groups excluding carboxylic acids is 2. The fourth-order valence-electron chi connectivity index (χ4n) is 1.87. The first-order valence-corrected chi connectivity index (χ1v) is 11.7. The highest BCUT2D eigenvalue weighted by molar-refractivity contribution is 7.52. The maximum Gasteiger partial charge on any atom is 0.510 e. The van der Waals surface area contributed by atoms with Gasteiger partial charge in [0, 0.05) is 18.9 Å². The van der Waals surface area contributed by atoms with Gasteiger partial charge in [-0.3, -0.25) is 4.79 Å². The van der Waals surface area contributed by atoms with Crippen molar-refractivity contribution in [3.8, 4) is 0 Å². The lowest BCUT2D eigenvalue weighted by molar-refractivity contribution is -0.137. The molecule has 0 radical (unpaired) electrons. The lowest BCUT2D eigenvalue weighted by Gasteiger charge is -2.28. The largest absolute Gasteiger partial charge is 0.510 e. The molecule has 0 heterocycles. The van der Waals surface area contributed by atoms with Crippen molar-refractivity contribution in [2.75, 3.05) is 26.8 Å². The van der Waals surface area contributed by atoms with Crippen LogP contribution >= 0.6 is 7.75 Å². The van der Waals surface area contributed by atoms with Gasteiger partial charge in [-0.1, -0.05) is 27.7 Å². The van der Waals surface area contributed by atoms with Crippen LogP contribution in [0.15, 0.2) is 4.76 Å². The Morgan fingerprint density at radius 1 is 0.939 bits per heavy atom. The Kier molecular flexibility index (Phi) is 13.4. The molecule has 0 aromatic rings. The van der Waals surface area contributed by atoms with Crippen LogP contribution in [0.25, 0.3) is 0 Å². The fraction of sp³-hybridized carbons (Fsp3) is 0.778. The predicted molar refractivity (Wildman–Crippen MR) is 115 cm³/mol. The average Bonchev–Trinajstić information content (AvgIpc) is 2.66. The number of carboxylic acids is 1. The molecule has 0 spiro atoms. The Morgan fingerprint density at radius 2 is 1.33 bits per heavy atom. The van der Waals surface area contributed by atoms with E-state index in [9.17, 15) is 18.9 Å². The molecular weight excluding hydrogens is 465 g/mol. The second-order valence-electron chi connectivity index (χ2n) is 7.21. The number of guanidine groups is 1. The highest BCUT2D eigenvalue weighted by Crippen LogP contribution is 2.54. The highest BCUT2D eigenvalue weighted by Gasteiger charge is 2.39. The van der Waals surface area contributed by atoms with E-state index in [1.54, 1.807) is 41.5 Å². The molecule has 14 nitrogen and oxygen atoms in total. The number of nitrogens with two attached hydrogens (primary N) is 1. The summed E-state index contributed by atoms with van der Waals surface area (Å²) in [4.78, 5) is 35.5. The van der Waals surface area contributed by atoms with Crippen LogP contribution in [0, 0.1) is 11.8 Å². The van der Waals surface area contributed by atoms with E-state index in [2.05, 4.69) is 4.76 Å². The van der Waals surface area contributed by atoms with Crippen LogP contribution in [0.5, 0.6) is 0 Å². The molecule has 0 rings (SSSR count). The molecule has 192 valence electrons. The van der Waals surface area contributed by atoms with Crippen molar-refractivity contribution < 1.29 is 52.1 Å². The van der Waals surface area contributed by atoms with E-state index in [1.807, 2.05) is 0 Å². The van der Waals surface area contributed by atoms with E-state index in [-0.39, 0.29) is 13.2 Å². The Balaban J connectivity index is 6.08. The molecule has 0 aliphatic rings. The third kappa shape index (κ3) is 12.3. The van der Waals surface area contributed by atoms with Gasteiger partial charge in [-0.25, -0.2) is 23.2 Å². The fourth-order valence-corrected chi connectivity index (χ4v) is 3.52. The first-order valence-electron chi connectivity index (χ1n) is 10.2. The Labute approximate surface area is 192 Å². The summed E-state index contributed by atoms with van der Waals surface area (Å²) in [5, 5.41) is 8.94. The molecule has 0 aromatic carbocycles. The smallest absolute Gasteiger partial charge is 0.480 e. The highest BCUT2D eigenvalue weighted by atomic mass is 31.2. The molecule has 33 heavy (non-hydrogen) atoms. The van der Waals surface area contributed by atoms with Crippen molar-refractivity contribution in [3.63, 3.8) is 0 Å². The third-order valence-electron chi connectivity index (χ3n) is 3.50. The van der Waals surface area contributed by atoms with Crippen LogP contribution in [-0.2, 0) is 37.4 Å². The number of rotatable bonds is 13. The monoisotopic (exact) mass is 499 g/mol. The van der Waals surface area contributed by atoms with Crippen LogP contribution < -0.4 is 5.73 Å². The van der Waals surface area contributed by atoms with Gasteiger partial charge < -0.3 is 34.7 Å². The number of carboxylic acid groups (broad SMARTS) is 1. The number of carbonyl (C=O) groups is 3. The van der Waals surface area contributed by atoms with E-state index < -0.39 is 62.9 Å². The van der Waals surface area contributed by atoms with E-state index in [0.29, 0.717) is 0 Å². The molecule has 0 saturated carbocycles. The summed E-state index contributed by atoms with van der Waals surface area (Å²) in [5.74, 6) is -2.85. The number of ether oxygens (including phenoxy) is 4. The molecule has 3 N–H and O–H groups in total. The quantitative estimate of drug-likeness (QED) is 0.124. The zero-order valence-corrected chi connectivity index (χ0v) is 20.8. The Hall–Kier alpha value is -2.57. The van der Waals surface area contributed by atoms with Gasteiger partial charge in [0.25, 0.3) is 0 Å². The summed E-state index contributed by atoms with van der Waals surface area (Å²) < 4.78 is 47.6. The molecular formula is C18H34N3O11P. The third-order valence-corrected chi connectivity index (χ3v) is 4.90. The van der Waals surface area contributed by atoms with E-state index >= 15 is 0 Å². The van der Waals surface area contributed by atoms with Gasteiger partial charge in [0.15, 0.2) is 0 Å². The summed E-state index contributed by atoms with van der Waals surface area (Å²) in [6.07, 6.45) is -5.12. The average molecular weight is 499 g/mol. The molecule has 0 bridgehead atoms. The van der Waals surface area contributed by atoms with Crippen LogP contribution in [0.2, 0.25) is 0 Å². The minimum absolute atomic E-state index is 0.0195. The maximum atomic E-state index is 13.6. The summed E-state index contributed by atoms with van der Waals surface area (Å²) in [6.45, 7) is 8.94. The molecule has 15 heteroatoms. The second-order valence-corrected chi connectivity index (χ2v) is 8.77. The van der Waals surface area contributed by atoms with Gasteiger partial charge in [0.2, 0.25) is 18.5 Å². The van der Waals surface area contributed by atoms with Gasteiger partial charge in [0.05, 0.1) is 13.2 Å². The minimum Gasteiger partial charge on any atom is -0.480 e. The van der Waals surface area contributed by atoms with Gasteiger partial charge >= 0.3 is 26.0 Å². The zero-order chi connectivity index (χ0) is 25.8. The minimum atomic E-state index is -4.68. The number of nitrogens with zero attached hydrogens (tertiary/aromatic N) is 2. The Morgan fingerprint density at radius 3 is 1.64 bits per heavy atom. The molecule has 0 saturated heterocycles. The van der Waals surface area contributed by atoms with E-state index in [0.717, 1.165) is 4.90 Å². The molecule has 0 aromatic heterocycles. The number of aliphatic carboxylic acids is 1. The molecule has 2 atom stereocenters. The Bertz CT molecular complexity index is 691. The van der Waals surface area contributed by atoms with Crippen molar-refractivity contribution in [3.05, 3.63) is 0 Å². The summed E-state index contributed by atoms with van der Waals surface area (Å²) >= 11 is 0. The van der Waals surface area contributed by atoms with Crippen molar-refractivity contribution in [2.24, 2.45) is 22.3 Å². The summed E-state index contributed by atoms with van der Waals surface area (Å²) in [7, 11) is -3.40. The number of hydrogen-bond donors (Lipinski definition) is 2. The molecule has 0 fully saturated rings. The lowest BCUT2D eigenvalue weighted by atomic mass is 10.2. The van der Waals surface area contributed by atoms with Crippen LogP contribution in [0.3, 0.4) is 0 Å². The molecule has 0 aliphatic carbocycles. The predicted octanol–water partition coefficient (Wildman–Crippen LogP) is 2.77. The maximum absolute atomic E-state index is 13.6. The van der Waals surface area contributed by atoms with Gasteiger partial charge in [-0.05, 0) is 13.8 Å². The standard InChI is InChI=1S/C18H34N3O11P/c1-8-27-17(24)29-14(11(3)4)31-33(26,20-16(19)21(7)10-13(22)23)32-15(12(5)6)30-18(25)28-9-2/h11-12,14-15H,8-10H2,1-7H3,(H,22,23)(H2,19,20,26). The molecule has 0 amide bonds. The first kappa shape index (κ1) is 30.4. The molecule has 2 unspecified atom stereocenters. The van der Waals surface area contributed by atoms with Crippen molar-refractivity contribution in [2.45, 2.75) is 54.1 Å². The first-order chi connectivity index (χ1) is 15.2.